The Morgan fingerprint density at radius 1 is 0.409 bits per heavy atom. The first-order chi connectivity index (χ1) is 21.3. The molecule has 10 heteroatoms. The van der Waals surface area contributed by atoms with Crippen LogP contribution in [0.2, 0.25) is 0 Å². The average Bonchev–Trinajstić information content (AvgIpc) is 3.82. The second kappa shape index (κ2) is 14.5. The van der Waals surface area contributed by atoms with E-state index >= 15 is 0 Å². The highest BCUT2D eigenvalue weighted by atomic mass is 16.5. The number of hydrogen-bond donors (Lipinski definition) is 0. The average molecular weight is 601 g/mol. The lowest BCUT2D eigenvalue weighted by atomic mass is 9.87. The lowest BCUT2D eigenvalue weighted by Gasteiger charge is -2.19. The number of furan rings is 4. The minimum atomic E-state index is -0.464. The molecular weight excluding hydrogens is 560 g/mol. The van der Waals surface area contributed by atoms with Gasteiger partial charge in [-0.15, -0.1) is 0 Å². The monoisotopic (exact) mass is 600 g/mol. The van der Waals surface area contributed by atoms with Crippen LogP contribution in [0.1, 0.15) is 73.8 Å². The lowest BCUT2D eigenvalue weighted by molar-refractivity contribution is 0.150. The summed E-state index contributed by atoms with van der Waals surface area (Å²) in [6, 6.07) is 15.4. The van der Waals surface area contributed by atoms with E-state index in [1.165, 1.54) is 0 Å². The molecule has 0 atom stereocenters. The van der Waals surface area contributed by atoms with Gasteiger partial charge in [-0.05, 0) is 76.2 Å². The van der Waals surface area contributed by atoms with Gasteiger partial charge in [0.1, 0.15) is 46.1 Å². The summed E-state index contributed by atoms with van der Waals surface area (Å²) in [7, 11) is 0. The highest BCUT2D eigenvalue weighted by molar-refractivity contribution is 5.77. The van der Waals surface area contributed by atoms with Crippen LogP contribution >= 0.6 is 0 Å². The smallest absolute Gasteiger partial charge is 0.144 e. The molecule has 10 nitrogen and oxygen atoms in total. The fourth-order valence-electron chi connectivity index (χ4n) is 4.57. The summed E-state index contributed by atoms with van der Waals surface area (Å²) < 4.78 is 35.6. The molecule has 8 bridgehead atoms. The van der Waals surface area contributed by atoms with Crippen LogP contribution in [0.25, 0.3) is 0 Å². The quantitative estimate of drug-likeness (QED) is 0.239. The molecule has 0 spiro atoms. The van der Waals surface area contributed by atoms with Gasteiger partial charge < -0.3 is 27.1 Å². The Hall–Kier alpha value is -4.28. The van der Waals surface area contributed by atoms with Gasteiger partial charge in [0.05, 0.1) is 88.3 Å². The maximum absolute atomic E-state index is 6.06. The summed E-state index contributed by atoms with van der Waals surface area (Å²) in [6.45, 7) is 12.3. The van der Waals surface area contributed by atoms with Gasteiger partial charge in [-0.1, -0.05) is 0 Å². The van der Waals surface area contributed by atoms with Gasteiger partial charge in [0, 0.05) is 0 Å². The van der Waals surface area contributed by atoms with Gasteiger partial charge in [0.25, 0.3) is 0 Å². The summed E-state index contributed by atoms with van der Waals surface area (Å²) >= 11 is 0. The summed E-state index contributed by atoms with van der Waals surface area (Å²) in [5.74, 6) is 5.85. The number of ether oxygens (including phenoxy) is 2. The standard InChI is InChI=1S/C34H40N4O6/c1-33(2)29-9-5-25(41-29)21-35-13-17-39-19-15-37-23-27-7-11-31(43-27)34(3,4)32-12-8-28(44-32)24-38-16-20-40-18-14-36-22-26-6-10-30(33)42-26/h5-12,21-24H,13-20H2,1-4H3. The predicted octanol–water partition coefficient (Wildman–Crippen LogP) is 6.13. The summed E-state index contributed by atoms with van der Waals surface area (Å²) in [4.78, 5) is 17.7. The van der Waals surface area contributed by atoms with E-state index in [9.17, 15) is 0 Å². The molecule has 0 fully saturated rings. The topological polar surface area (TPSA) is 120 Å². The molecule has 0 saturated heterocycles. The van der Waals surface area contributed by atoms with Crippen LogP contribution in [0.15, 0.2) is 86.2 Å². The van der Waals surface area contributed by atoms with Gasteiger partial charge in [-0.2, -0.15) is 0 Å². The van der Waals surface area contributed by atoms with Crippen LogP contribution in [-0.2, 0) is 20.3 Å². The molecule has 1 aliphatic rings. The third-order valence-corrected chi connectivity index (χ3v) is 7.30. The van der Waals surface area contributed by atoms with Gasteiger partial charge in [-0.3, -0.25) is 20.0 Å². The van der Waals surface area contributed by atoms with Gasteiger partial charge in [0.15, 0.2) is 0 Å². The molecule has 0 saturated carbocycles. The van der Waals surface area contributed by atoms with Crippen molar-refractivity contribution in [2.45, 2.75) is 38.5 Å². The van der Waals surface area contributed by atoms with E-state index in [0.29, 0.717) is 75.6 Å². The van der Waals surface area contributed by atoms with Gasteiger partial charge in [-0.25, -0.2) is 0 Å². The van der Waals surface area contributed by atoms with E-state index in [4.69, 9.17) is 27.1 Å². The van der Waals surface area contributed by atoms with Crippen molar-refractivity contribution in [1.29, 1.82) is 0 Å². The van der Waals surface area contributed by atoms with E-state index in [-0.39, 0.29) is 0 Å². The third kappa shape index (κ3) is 8.00. The Bertz CT molecular complexity index is 1370. The van der Waals surface area contributed by atoms with Crippen LogP contribution < -0.4 is 0 Å². The molecule has 4 aromatic rings. The first-order valence-electron chi connectivity index (χ1n) is 14.9. The largest absolute Gasteiger partial charge is 0.459 e. The van der Waals surface area contributed by atoms with Crippen LogP contribution in [0.5, 0.6) is 0 Å². The summed E-state index contributed by atoms with van der Waals surface area (Å²) in [6.07, 6.45) is 6.88. The second-order valence-electron chi connectivity index (χ2n) is 11.4. The molecule has 0 aromatic carbocycles. The number of aliphatic imine (C=N–C) groups is 4. The van der Waals surface area contributed by atoms with Crippen LogP contribution in [0.4, 0.5) is 0 Å². The molecule has 0 aliphatic carbocycles. The van der Waals surface area contributed by atoms with E-state index in [2.05, 4.69) is 47.7 Å². The Morgan fingerprint density at radius 2 is 0.659 bits per heavy atom. The van der Waals surface area contributed by atoms with Crippen molar-refractivity contribution in [2.24, 2.45) is 20.0 Å². The highest BCUT2D eigenvalue weighted by Gasteiger charge is 2.31. The zero-order chi connectivity index (χ0) is 30.8. The van der Waals surface area contributed by atoms with E-state index in [0.717, 1.165) is 23.0 Å². The van der Waals surface area contributed by atoms with Crippen molar-refractivity contribution in [1.82, 2.24) is 0 Å². The Balaban J connectivity index is 1.23. The molecule has 4 aromatic heterocycles. The molecule has 0 N–H and O–H groups in total. The van der Waals surface area contributed by atoms with Gasteiger partial charge >= 0.3 is 0 Å². The minimum absolute atomic E-state index is 0.464. The maximum atomic E-state index is 6.06. The summed E-state index contributed by atoms with van der Waals surface area (Å²) in [5, 5.41) is 0. The predicted molar refractivity (Wildman–Crippen MR) is 171 cm³/mol. The highest BCUT2D eigenvalue weighted by Crippen LogP contribution is 2.34. The molecule has 0 radical (unpaired) electrons. The van der Waals surface area contributed by atoms with Crippen LogP contribution in [0, 0.1) is 0 Å². The Morgan fingerprint density at radius 3 is 0.909 bits per heavy atom. The van der Waals surface area contributed by atoms with Crippen molar-refractivity contribution in [3.63, 3.8) is 0 Å². The molecule has 44 heavy (non-hydrogen) atoms. The lowest BCUT2D eigenvalue weighted by Crippen LogP contribution is -2.17. The number of fused-ring (bicyclic) bond motifs is 8. The fraction of sp³-hybridized carbons (Fsp3) is 0.412. The van der Waals surface area contributed by atoms with Crippen molar-refractivity contribution >= 4 is 24.9 Å². The third-order valence-electron chi connectivity index (χ3n) is 7.30. The van der Waals surface area contributed by atoms with E-state index < -0.39 is 10.8 Å². The second-order valence-corrected chi connectivity index (χ2v) is 11.4. The van der Waals surface area contributed by atoms with Gasteiger partial charge in [0.2, 0.25) is 0 Å². The number of hydrogen-bond acceptors (Lipinski definition) is 10. The molecule has 1 aliphatic heterocycles. The Labute approximate surface area is 257 Å². The number of rotatable bonds is 0. The van der Waals surface area contributed by atoms with E-state index in [1.807, 2.05) is 48.5 Å². The van der Waals surface area contributed by atoms with Crippen LogP contribution in [0.3, 0.4) is 0 Å². The molecule has 5 heterocycles. The molecule has 232 valence electrons. The summed E-state index contributed by atoms with van der Waals surface area (Å²) in [5.41, 5.74) is -0.927. The van der Waals surface area contributed by atoms with Crippen molar-refractivity contribution < 1.29 is 27.1 Å². The zero-order valence-electron chi connectivity index (χ0n) is 25.8. The Kier molecular flexibility index (Phi) is 10.2. The molecular formula is C34H40N4O6. The SMILES string of the molecule is CC1(C)c2ccc(o2)C=NCCOCCN=Cc2ccc(o2)C(C)(C)c2ccc(o2)C=NCCOCCN=Cc2ccc1o2. The van der Waals surface area contributed by atoms with Crippen molar-refractivity contribution in [3.05, 3.63) is 94.6 Å². The molecule has 0 unspecified atom stereocenters. The first-order valence-corrected chi connectivity index (χ1v) is 14.9. The molecule has 0 amide bonds. The minimum Gasteiger partial charge on any atom is -0.459 e. The maximum Gasteiger partial charge on any atom is 0.144 e. The van der Waals surface area contributed by atoms with E-state index in [1.54, 1.807) is 24.9 Å². The zero-order valence-corrected chi connectivity index (χ0v) is 25.8. The first kappa shape index (κ1) is 31.2. The van der Waals surface area contributed by atoms with Crippen molar-refractivity contribution in [3.8, 4) is 0 Å². The fourth-order valence-corrected chi connectivity index (χ4v) is 4.57. The number of nitrogens with zero attached hydrogens (tertiary/aromatic N) is 4. The normalized spacial score (nSPS) is 18.5. The van der Waals surface area contributed by atoms with Crippen LogP contribution in [-0.4, -0.2) is 77.5 Å². The van der Waals surface area contributed by atoms with Crippen molar-refractivity contribution in [2.75, 3.05) is 52.6 Å². The molecule has 5 rings (SSSR count).